The second kappa shape index (κ2) is 9.74. The first-order valence-electron chi connectivity index (χ1n) is 9.87. The molecule has 0 aliphatic heterocycles. The van der Waals surface area contributed by atoms with Crippen LogP contribution in [0.4, 0.5) is 0 Å². The number of hydrogen-bond acceptors (Lipinski definition) is 5. The minimum atomic E-state index is -0.323. The fourth-order valence-electron chi connectivity index (χ4n) is 3.27. The molecule has 1 amide bonds. The van der Waals surface area contributed by atoms with Crippen molar-refractivity contribution in [2.45, 2.75) is 50.5 Å². The van der Waals surface area contributed by atoms with E-state index < -0.39 is 0 Å². The Labute approximate surface area is 176 Å². The SMILES string of the molecule is CC[C@H](CNC(=O)[C@H](C)Sc1nnc(-c2cc(C)cc(C)c2)o1)c1ccccc1. The zero-order valence-corrected chi connectivity index (χ0v) is 18.1. The van der Waals surface area contributed by atoms with Crippen molar-refractivity contribution in [3.8, 4) is 11.5 Å². The summed E-state index contributed by atoms with van der Waals surface area (Å²) in [5, 5.41) is 11.4. The molecule has 0 aliphatic carbocycles. The van der Waals surface area contributed by atoms with Crippen LogP contribution in [0.15, 0.2) is 58.2 Å². The van der Waals surface area contributed by atoms with Crippen LogP contribution in [0, 0.1) is 13.8 Å². The average molecular weight is 410 g/mol. The smallest absolute Gasteiger partial charge is 0.277 e. The number of hydrogen-bond donors (Lipinski definition) is 1. The van der Waals surface area contributed by atoms with Crippen LogP contribution in [0.1, 0.15) is 42.9 Å². The molecule has 3 aromatic rings. The summed E-state index contributed by atoms with van der Waals surface area (Å²) in [4.78, 5) is 12.5. The number of carbonyl (C=O) groups excluding carboxylic acids is 1. The maximum atomic E-state index is 12.5. The lowest BCUT2D eigenvalue weighted by molar-refractivity contribution is -0.120. The van der Waals surface area contributed by atoms with Gasteiger partial charge in [-0.25, -0.2) is 0 Å². The Morgan fingerprint density at radius 1 is 1.10 bits per heavy atom. The molecule has 1 N–H and O–H groups in total. The van der Waals surface area contributed by atoms with Gasteiger partial charge in [-0.15, -0.1) is 10.2 Å². The molecule has 5 nitrogen and oxygen atoms in total. The van der Waals surface area contributed by atoms with Crippen molar-refractivity contribution < 1.29 is 9.21 Å². The first kappa shape index (κ1) is 21.1. The standard InChI is InChI=1S/C23H27N3O2S/c1-5-18(19-9-7-6-8-10-19)14-24-21(27)17(4)29-23-26-25-22(28-23)20-12-15(2)11-16(3)13-20/h6-13,17-18H,5,14H2,1-4H3,(H,24,27)/t17-,18+/m0/s1. The second-order valence-corrected chi connectivity index (χ2v) is 8.56. The van der Waals surface area contributed by atoms with E-state index >= 15 is 0 Å². The van der Waals surface area contributed by atoms with Gasteiger partial charge in [-0.2, -0.15) is 0 Å². The molecular weight excluding hydrogens is 382 g/mol. The lowest BCUT2D eigenvalue weighted by Crippen LogP contribution is -2.34. The third-order valence-corrected chi connectivity index (χ3v) is 5.74. The maximum Gasteiger partial charge on any atom is 0.277 e. The van der Waals surface area contributed by atoms with Crippen LogP contribution < -0.4 is 5.32 Å². The molecule has 2 atom stereocenters. The highest BCUT2D eigenvalue weighted by Gasteiger charge is 2.20. The fourth-order valence-corrected chi connectivity index (χ4v) is 3.98. The van der Waals surface area contributed by atoms with Gasteiger partial charge in [0.25, 0.3) is 5.22 Å². The van der Waals surface area contributed by atoms with Gasteiger partial charge in [0.05, 0.1) is 5.25 Å². The molecule has 3 rings (SSSR count). The largest absolute Gasteiger partial charge is 0.411 e. The molecule has 29 heavy (non-hydrogen) atoms. The van der Waals surface area contributed by atoms with Gasteiger partial charge >= 0.3 is 0 Å². The van der Waals surface area contributed by atoms with Crippen molar-refractivity contribution in [1.29, 1.82) is 0 Å². The number of carbonyl (C=O) groups is 1. The third kappa shape index (κ3) is 5.70. The van der Waals surface area contributed by atoms with Crippen LogP contribution in [0.2, 0.25) is 0 Å². The van der Waals surface area contributed by atoms with Gasteiger partial charge in [-0.05, 0) is 44.9 Å². The summed E-state index contributed by atoms with van der Waals surface area (Å²) in [6.45, 7) is 8.67. The van der Waals surface area contributed by atoms with Gasteiger partial charge < -0.3 is 9.73 Å². The minimum Gasteiger partial charge on any atom is -0.411 e. The van der Waals surface area contributed by atoms with Gasteiger partial charge in [-0.3, -0.25) is 4.79 Å². The molecule has 6 heteroatoms. The van der Waals surface area contributed by atoms with Gasteiger partial charge in [0.2, 0.25) is 11.8 Å². The van der Waals surface area contributed by atoms with Gasteiger partial charge in [0.15, 0.2) is 0 Å². The molecule has 0 aliphatic rings. The number of nitrogens with zero attached hydrogens (tertiary/aromatic N) is 2. The summed E-state index contributed by atoms with van der Waals surface area (Å²) in [6.07, 6.45) is 0.967. The number of rotatable bonds is 8. The number of thioether (sulfide) groups is 1. The highest BCUT2D eigenvalue weighted by molar-refractivity contribution is 8.00. The Kier molecular flexibility index (Phi) is 7.09. The predicted molar refractivity (Wildman–Crippen MR) is 117 cm³/mol. The van der Waals surface area contributed by atoms with Crippen molar-refractivity contribution in [1.82, 2.24) is 15.5 Å². The first-order valence-corrected chi connectivity index (χ1v) is 10.8. The van der Waals surface area contributed by atoms with Crippen LogP contribution in [0.3, 0.4) is 0 Å². The molecule has 0 spiro atoms. The molecular formula is C23H27N3O2S. The van der Waals surface area contributed by atoms with E-state index in [-0.39, 0.29) is 11.2 Å². The Balaban J connectivity index is 1.58. The minimum absolute atomic E-state index is 0.0319. The summed E-state index contributed by atoms with van der Waals surface area (Å²) >= 11 is 1.28. The Morgan fingerprint density at radius 2 is 1.79 bits per heavy atom. The van der Waals surface area contributed by atoms with E-state index in [1.165, 1.54) is 17.3 Å². The Morgan fingerprint density at radius 3 is 2.45 bits per heavy atom. The molecule has 0 radical (unpaired) electrons. The maximum absolute atomic E-state index is 12.5. The molecule has 152 valence electrons. The second-order valence-electron chi connectivity index (χ2n) is 7.27. The van der Waals surface area contributed by atoms with Crippen molar-refractivity contribution in [2.24, 2.45) is 0 Å². The molecule has 0 saturated carbocycles. The zero-order valence-electron chi connectivity index (χ0n) is 17.3. The van der Waals surface area contributed by atoms with Crippen LogP contribution in [-0.2, 0) is 4.79 Å². The van der Waals surface area contributed by atoms with E-state index in [0.29, 0.717) is 23.6 Å². The molecule has 0 fully saturated rings. The normalized spacial score (nSPS) is 13.1. The Bertz CT molecular complexity index is 936. The first-order chi connectivity index (χ1) is 14.0. The van der Waals surface area contributed by atoms with Crippen LogP contribution in [0.25, 0.3) is 11.5 Å². The summed E-state index contributed by atoms with van der Waals surface area (Å²) < 4.78 is 5.78. The summed E-state index contributed by atoms with van der Waals surface area (Å²) in [6, 6.07) is 16.4. The number of amides is 1. The molecule has 2 aromatic carbocycles. The zero-order chi connectivity index (χ0) is 20.8. The third-order valence-electron chi connectivity index (χ3n) is 4.81. The molecule has 0 saturated heterocycles. The van der Waals surface area contributed by atoms with E-state index in [1.807, 2.05) is 51.1 Å². The van der Waals surface area contributed by atoms with Gasteiger partial charge in [0, 0.05) is 18.0 Å². The highest BCUT2D eigenvalue weighted by atomic mass is 32.2. The van der Waals surface area contributed by atoms with E-state index in [4.69, 9.17) is 4.42 Å². The lowest BCUT2D eigenvalue weighted by atomic mass is 9.96. The predicted octanol–water partition coefficient (Wildman–Crippen LogP) is 5.14. The molecule has 0 unspecified atom stereocenters. The van der Waals surface area contributed by atoms with E-state index in [2.05, 4.69) is 40.6 Å². The number of nitrogens with one attached hydrogen (secondary N) is 1. The van der Waals surface area contributed by atoms with Crippen molar-refractivity contribution in [3.05, 3.63) is 65.2 Å². The number of benzene rings is 2. The van der Waals surface area contributed by atoms with Crippen molar-refractivity contribution in [2.75, 3.05) is 6.54 Å². The van der Waals surface area contributed by atoms with Crippen molar-refractivity contribution >= 4 is 17.7 Å². The fraction of sp³-hybridized carbons (Fsp3) is 0.348. The van der Waals surface area contributed by atoms with E-state index in [1.54, 1.807) is 0 Å². The highest BCUT2D eigenvalue weighted by Crippen LogP contribution is 2.27. The summed E-state index contributed by atoms with van der Waals surface area (Å²) in [7, 11) is 0. The topological polar surface area (TPSA) is 68.0 Å². The lowest BCUT2D eigenvalue weighted by Gasteiger charge is -2.17. The number of aromatic nitrogens is 2. The Hall–Kier alpha value is -2.60. The summed E-state index contributed by atoms with van der Waals surface area (Å²) in [5.74, 6) is 0.745. The van der Waals surface area contributed by atoms with Crippen LogP contribution in [0.5, 0.6) is 0 Å². The summed E-state index contributed by atoms with van der Waals surface area (Å²) in [5.41, 5.74) is 4.42. The van der Waals surface area contributed by atoms with Crippen LogP contribution in [-0.4, -0.2) is 27.9 Å². The average Bonchev–Trinajstić information content (AvgIpc) is 3.17. The monoisotopic (exact) mass is 409 g/mol. The quantitative estimate of drug-likeness (QED) is 0.522. The van der Waals surface area contributed by atoms with Gasteiger partial charge in [-0.1, -0.05) is 66.2 Å². The van der Waals surface area contributed by atoms with Gasteiger partial charge in [0.1, 0.15) is 0 Å². The molecule has 1 aromatic heterocycles. The molecule has 0 bridgehead atoms. The van der Waals surface area contributed by atoms with E-state index in [0.717, 1.165) is 23.1 Å². The number of aryl methyl sites for hydroxylation is 2. The van der Waals surface area contributed by atoms with E-state index in [9.17, 15) is 4.79 Å². The van der Waals surface area contributed by atoms with Crippen molar-refractivity contribution in [3.63, 3.8) is 0 Å². The molecule has 1 heterocycles. The van der Waals surface area contributed by atoms with Crippen LogP contribution >= 0.6 is 11.8 Å².